The number of benzene rings is 1. The lowest BCUT2D eigenvalue weighted by Gasteiger charge is -2.13. The summed E-state index contributed by atoms with van der Waals surface area (Å²) in [6.07, 6.45) is 2.28. The van der Waals surface area contributed by atoms with Gasteiger partial charge in [0.25, 0.3) is 0 Å². The van der Waals surface area contributed by atoms with Crippen LogP contribution in [0.15, 0.2) is 12.1 Å². The summed E-state index contributed by atoms with van der Waals surface area (Å²) < 4.78 is 11.2. The lowest BCUT2D eigenvalue weighted by Crippen LogP contribution is -2.22. The van der Waals surface area contributed by atoms with Crippen molar-refractivity contribution in [3.8, 4) is 5.75 Å². The van der Waals surface area contributed by atoms with Crippen molar-refractivity contribution in [2.45, 2.75) is 40.5 Å². The minimum atomic E-state index is 0.718. The van der Waals surface area contributed by atoms with E-state index in [1.54, 1.807) is 0 Å². The third-order valence-corrected chi connectivity index (χ3v) is 3.23. The third-order valence-electron chi connectivity index (χ3n) is 3.23. The van der Waals surface area contributed by atoms with Crippen molar-refractivity contribution in [3.63, 3.8) is 0 Å². The highest BCUT2D eigenvalue weighted by Crippen LogP contribution is 2.24. The summed E-state index contributed by atoms with van der Waals surface area (Å²) in [6, 6.07) is 4.34. The standard InChI is InChI=1S/C17H29NO2/c1-5-19-10-7-6-8-18-9-11-20-17-15(3)12-14(2)13-16(17)4/h12-13,18H,5-11H2,1-4H3. The number of rotatable bonds is 10. The van der Waals surface area contributed by atoms with Crippen molar-refractivity contribution in [2.75, 3.05) is 32.9 Å². The average molecular weight is 279 g/mol. The molecule has 3 heteroatoms. The highest BCUT2D eigenvalue weighted by atomic mass is 16.5. The van der Waals surface area contributed by atoms with Crippen LogP contribution in [0, 0.1) is 20.8 Å². The van der Waals surface area contributed by atoms with Gasteiger partial charge in [0.05, 0.1) is 0 Å². The first-order valence-corrected chi connectivity index (χ1v) is 7.64. The van der Waals surface area contributed by atoms with Crippen LogP contribution in [0.4, 0.5) is 0 Å². The second-order valence-electron chi connectivity index (χ2n) is 5.23. The molecule has 0 aliphatic heterocycles. The van der Waals surface area contributed by atoms with Crippen molar-refractivity contribution in [1.29, 1.82) is 0 Å². The monoisotopic (exact) mass is 279 g/mol. The van der Waals surface area contributed by atoms with Crippen LogP contribution >= 0.6 is 0 Å². The van der Waals surface area contributed by atoms with Crippen molar-refractivity contribution in [1.82, 2.24) is 5.32 Å². The van der Waals surface area contributed by atoms with Crippen LogP contribution in [0.1, 0.15) is 36.5 Å². The molecule has 0 unspecified atom stereocenters. The van der Waals surface area contributed by atoms with Gasteiger partial charge in [-0.1, -0.05) is 17.7 Å². The van der Waals surface area contributed by atoms with E-state index in [-0.39, 0.29) is 0 Å². The topological polar surface area (TPSA) is 30.5 Å². The Labute approximate surface area is 123 Å². The molecule has 1 aromatic rings. The molecule has 0 radical (unpaired) electrons. The SMILES string of the molecule is CCOCCCCNCCOc1c(C)cc(C)cc1C. The van der Waals surface area contributed by atoms with Crippen LogP contribution < -0.4 is 10.1 Å². The number of nitrogens with one attached hydrogen (secondary N) is 1. The first-order valence-electron chi connectivity index (χ1n) is 7.64. The minimum Gasteiger partial charge on any atom is -0.492 e. The van der Waals surface area contributed by atoms with Gasteiger partial charge in [-0.3, -0.25) is 0 Å². The van der Waals surface area contributed by atoms with E-state index in [1.807, 2.05) is 6.92 Å². The molecule has 0 atom stereocenters. The molecule has 3 nitrogen and oxygen atoms in total. The van der Waals surface area contributed by atoms with Gasteiger partial charge in [0.15, 0.2) is 0 Å². The number of unbranched alkanes of at least 4 members (excludes halogenated alkanes) is 1. The van der Waals surface area contributed by atoms with Crippen molar-refractivity contribution in [2.24, 2.45) is 0 Å². The number of aryl methyl sites for hydroxylation is 3. The highest BCUT2D eigenvalue weighted by Gasteiger charge is 2.04. The van der Waals surface area contributed by atoms with Gasteiger partial charge in [0.2, 0.25) is 0 Å². The maximum atomic E-state index is 5.88. The van der Waals surface area contributed by atoms with E-state index < -0.39 is 0 Å². The maximum Gasteiger partial charge on any atom is 0.125 e. The molecule has 0 aliphatic rings. The van der Waals surface area contributed by atoms with Crippen LogP contribution in [0.25, 0.3) is 0 Å². The molecule has 0 saturated heterocycles. The van der Waals surface area contributed by atoms with Crippen molar-refractivity contribution < 1.29 is 9.47 Å². The zero-order chi connectivity index (χ0) is 14.8. The molecule has 1 N–H and O–H groups in total. The normalized spacial score (nSPS) is 10.8. The Hall–Kier alpha value is -1.06. The number of ether oxygens (including phenoxy) is 2. The van der Waals surface area contributed by atoms with Gasteiger partial charge in [-0.25, -0.2) is 0 Å². The summed E-state index contributed by atoms with van der Waals surface area (Å²) in [5, 5.41) is 3.40. The molecular weight excluding hydrogens is 250 g/mol. The molecule has 0 heterocycles. The first-order chi connectivity index (χ1) is 9.65. The van der Waals surface area contributed by atoms with Gasteiger partial charge in [0, 0.05) is 19.8 Å². The fourth-order valence-corrected chi connectivity index (χ4v) is 2.34. The third kappa shape index (κ3) is 6.40. The molecule has 1 rings (SSSR count). The van der Waals surface area contributed by atoms with E-state index in [1.165, 1.54) is 16.7 Å². The molecule has 20 heavy (non-hydrogen) atoms. The Morgan fingerprint density at radius 1 is 0.950 bits per heavy atom. The van der Waals surface area contributed by atoms with E-state index in [4.69, 9.17) is 9.47 Å². The smallest absolute Gasteiger partial charge is 0.125 e. The van der Waals surface area contributed by atoms with Gasteiger partial charge in [-0.05, 0) is 58.2 Å². The van der Waals surface area contributed by atoms with Crippen LogP contribution in [-0.2, 0) is 4.74 Å². The molecule has 1 aromatic carbocycles. The summed E-state index contributed by atoms with van der Waals surface area (Å²) in [4.78, 5) is 0. The van der Waals surface area contributed by atoms with Crippen LogP contribution in [0.2, 0.25) is 0 Å². The Bertz CT molecular complexity index is 368. The first kappa shape index (κ1) is 17.0. The summed E-state index contributed by atoms with van der Waals surface area (Å²) >= 11 is 0. The molecular formula is C17H29NO2. The predicted octanol–water partition coefficient (Wildman–Crippen LogP) is 3.40. The molecule has 0 bridgehead atoms. The van der Waals surface area contributed by atoms with Gasteiger partial charge in [0.1, 0.15) is 12.4 Å². The molecule has 114 valence electrons. The summed E-state index contributed by atoms with van der Waals surface area (Å²) in [6.45, 7) is 12.7. The summed E-state index contributed by atoms with van der Waals surface area (Å²) in [5.74, 6) is 1.04. The van der Waals surface area contributed by atoms with E-state index in [9.17, 15) is 0 Å². The molecule has 0 fully saturated rings. The maximum absolute atomic E-state index is 5.88. The van der Waals surface area contributed by atoms with E-state index >= 15 is 0 Å². The van der Waals surface area contributed by atoms with Crippen LogP contribution in [0.5, 0.6) is 5.75 Å². The summed E-state index contributed by atoms with van der Waals surface area (Å²) in [5.41, 5.74) is 3.73. The zero-order valence-corrected chi connectivity index (χ0v) is 13.4. The largest absolute Gasteiger partial charge is 0.492 e. The number of hydrogen-bond acceptors (Lipinski definition) is 3. The van der Waals surface area contributed by atoms with Crippen molar-refractivity contribution >= 4 is 0 Å². The molecule has 0 aliphatic carbocycles. The van der Waals surface area contributed by atoms with E-state index in [0.717, 1.165) is 51.5 Å². The molecule has 0 spiro atoms. The van der Waals surface area contributed by atoms with Gasteiger partial charge >= 0.3 is 0 Å². The molecule has 0 saturated carbocycles. The fourth-order valence-electron chi connectivity index (χ4n) is 2.34. The van der Waals surface area contributed by atoms with E-state index in [2.05, 4.69) is 38.2 Å². The zero-order valence-electron chi connectivity index (χ0n) is 13.4. The Balaban J connectivity index is 2.13. The van der Waals surface area contributed by atoms with Crippen LogP contribution in [0.3, 0.4) is 0 Å². The second kappa shape index (κ2) is 9.78. The average Bonchev–Trinajstić information content (AvgIpc) is 2.39. The quantitative estimate of drug-likeness (QED) is 0.666. The number of hydrogen-bond donors (Lipinski definition) is 1. The Kier molecular flexibility index (Phi) is 8.31. The molecule has 0 aromatic heterocycles. The highest BCUT2D eigenvalue weighted by molar-refractivity contribution is 5.42. The Morgan fingerprint density at radius 3 is 2.30 bits per heavy atom. The fraction of sp³-hybridized carbons (Fsp3) is 0.647. The minimum absolute atomic E-state index is 0.718. The lowest BCUT2D eigenvalue weighted by molar-refractivity contribution is 0.143. The van der Waals surface area contributed by atoms with Gasteiger partial charge in [-0.2, -0.15) is 0 Å². The van der Waals surface area contributed by atoms with E-state index in [0.29, 0.717) is 0 Å². The predicted molar refractivity (Wildman–Crippen MR) is 84.7 cm³/mol. The summed E-state index contributed by atoms with van der Waals surface area (Å²) in [7, 11) is 0. The van der Waals surface area contributed by atoms with Crippen molar-refractivity contribution in [3.05, 3.63) is 28.8 Å². The lowest BCUT2D eigenvalue weighted by atomic mass is 10.1. The Morgan fingerprint density at radius 2 is 1.65 bits per heavy atom. The second-order valence-corrected chi connectivity index (χ2v) is 5.23. The van der Waals surface area contributed by atoms with Gasteiger partial charge < -0.3 is 14.8 Å². The van der Waals surface area contributed by atoms with Crippen LogP contribution in [-0.4, -0.2) is 32.9 Å². The van der Waals surface area contributed by atoms with Gasteiger partial charge in [-0.15, -0.1) is 0 Å². The molecule has 0 amide bonds.